The van der Waals surface area contributed by atoms with Gasteiger partial charge in [-0.1, -0.05) is 26.3 Å². The van der Waals surface area contributed by atoms with E-state index in [9.17, 15) is 69.1 Å². The van der Waals surface area contributed by atoms with Crippen molar-refractivity contribution in [2.75, 3.05) is 27.2 Å². The van der Waals surface area contributed by atoms with E-state index in [4.69, 9.17) is 37.9 Å². The molecule has 6 aromatic rings. The highest BCUT2D eigenvalue weighted by atomic mass is 19.4. The van der Waals surface area contributed by atoms with Gasteiger partial charge in [0, 0.05) is 54.1 Å². The zero-order chi connectivity index (χ0) is 63.3. The van der Waals surface area contributed by atoms with Gasteiger partial charge in [-0.15, -0.1) is 0 Å². The monoisotopic (exact) mass is 1200 g/mol. The van der Waals surface area contributed by atoms with E-state index in [0.717, 1.165) is 91.9 Å². The summed E-state index contributed by atoms with van der Waals surface area (Å²) in [5.41, 5.74) is -4.09. The lowest BCUT2D eigenvalue weighted by atomic mass is 10.1. The molecule has 448 valence electrons. The zero-order valence-corrected chi connectivity index (χ0v) is 44.6. The second kappa shape index (κ2) is 30.7. The predicted molar refractivity (Wildman–Crippen MR) is 280 cm³/mol. The Kier molecular flexibility index (Phi) is 23.4. The van der Waals surface area contributed by atoms with Crippen LogP contribution < -0.4 is 37.9 Å². The van der Waals surface area contributed by atoms with Crippen LogP contribution in [0.1, 0.15) is 58.1 Å². The van der Waals surface area contributed by atoms with Crippen molar-refractivity contribution in [3.05, 3.63) is 216 Å². The number of alkyl halides is 3. The van der Waals surface area contributed by atoms with Gasteiger partial charge in [0.1, 0.15) is 74.8 Å². The van der Waals surface area contributed by atoms with Gasteiger partial charge in [-0.05, 0) is 98.3 Å². The van der Waals surface area contributed by atoms with Crippen molar-refractivity contribution in [3.63, 3.8) is 0 Å². The molecule has 0 saturated heterocycles. The first-order valence-corrected chi connectivity index (χ1v) is 23.9. The third-order valence-electron chi connectivity index (χ3n) is 10.6. The standard InChI is InChI=1S/C30H21F5O10.C29H22F2O10/c1-4-25(36)42-14-40-17-6-8-19(21(31)12-17)28(38)44-23-10-11-24(27(16(23)3)30(33,34)35)45-29(39)20-9-7-18(13-22(20)32)41-15-43-26(37)5-2;1-4-26(32)38-15-36-18-6-9-21(23(30)13-18)28(34)40-20-8-11-25(17(3)12-20)41-29(35)22-10-7-19(14-24(22)31)37-16-39-27(33)5-2/h4-13H,1-2,14-15H2,3H3;4-14H,1-2,15-16H2,3H3. The quantitative estimate of drug-likeness (QED) is 0.0136. The van der Waals surface area contributed by atoms with Crippen LogP contribution in [0.2, 0.25) is 0 Å². The normalized spacial score (nSPS) is 10.4. The van der Waals surface area contributed by atoms with Crippen molar-refractivity contribution < 1.29 is 126 Å². The van der Waals surface area contributed by atoms with Crippen molar-refractivity contribution >= 4 is 47.8 Å². The Morgan fingerprint density at radius 2 is 0.663 bits per heavy atom. The largest absolute Gasteiger partial charge is 0.457 e. The van der Waals surface area contributed by atoms with Gasteiger partial charge in [0.15, 0.2) is 0 Å². The van der Waals surface area contributed by atoms with E-state index in [1.165, 1.54) is 30.3 Å². The van der Waals surface area contributed by atoms with E-state index >= 15 is 0 Å². The number of rotatable bonds is 24. The highest BCUT2D eigenvalue weighted by Crippen LogP contribution is 2.43. The van der Waals surface area contributed by atoms with Crippen LogP contribution >= 0.6 is 0 Å². The number of benzene rings is 6. The summed E-state index contributed by atoms with van der Waals surface area (Å²) in [6, 6.07) is 17.6. The Balaban J connectivity index is 0.000000315. The molecule has 0 aliphatic carbocycles. The average molecular weight is 1200 g/mol. The second-order valence-corrected chi connectivity index (χ2v) is 16.3. The molecule has 0 fully saturated rings. The summed E-state index contributed by atoms with van der Waals surface area (Å²) in [5.74, 6) is -14.2. The molecule has 0 aliphatic heterocycles. The van der Waals surface area contributed by atoms with E-state index < -0.39 is 149 Å². The van der Waals surface area contributed by atoms with Crippen LogP contribution in [0.3, 0.4) is 0 Å². The van der Waals surface area contributed by atoms with Crippen LogP contribution in [0.15, 0.2) is 154 Å². The van der Waals surface area contributed by atoms with Crippen molar-refractivity contribution in [2.24, 2.45) is 0 Å². The summed E-state index contributed by atoms with van der Waals surface area (Å²) in [7, 11) is 0. The lowest BCUT2D eigenvalue weighted by molar-refractivity contribution is -0.145. The van der Waals surface area contributed by atoms with Crippen molar-refractivity contribution in [1.29, 1.82) is 0 Å². The lowest BCUT2D eigenvalue weighted by Gasteiger charge is -2.18. The minimum atomic E-state index is -5.15. The maximum Gasteiger partial charge on any atom is 0.420 e. The maximum absolute atomic E-state index is 14.6. The van der Waals surface area contributed by atoms with Crippen LogP contribution in [0.5, 0.6) is 46.0 Å². The molecule has 6 aromatic carbocycles. The van der Waals surface area contributed by atoms with Gasteiger partial charge in [0.25, 0.3) is 0 Å². The summed E-state index contributed by atoms with van der Waals surface area (Å²) < 4.78 is 159. The Hall–Kier alpha value is -11.3. The Morgan fingerprint density at radius 1 is 0.384 bits per heavy atom. The minimum absolute atomic E-state index is 0.00514. The van der Waals surface area contributed by atoms with E-state index in [1.54, 1.807) is 6.92 Å². The predicted octanol–water partition coefficient (Wildman–Crippen LogP) is 10.7. The number of halogens is 7. The summed E-state index contributed by atoms with van der Waals surface area (Å²) in [6.45, 7) is 13.1. The third-order valence-corrected chi connectivity index (χ3v) is 10.6. The van der Waals surface area contributed by atoms with Crippen molar-refractivity contribution in [3.8, 4) is 46.0 Å². The van der Waals surface area contributed by atoms with Crippen LogP contribution in [-0.4, -0.2) is 74.9 Å². The molecule has 20 nitrogen and oxygen atoms in total. The number of aryl methyl sites for hydroxylation is 1. The molecule has 6 rings (SSSR count). The van der Waals surface area contributed by atoms with E-state index in [-0.39, 0.29) is 34.5 Å². The number of carbonyl (C=O) groups is 8. The fourth-order valence-electron chi connectivity index (χ4n) is 6.50. The van der Waals surface area contributed by atoms with E-state index in [2.05, 4.69) is 45.3 Å². The van der Waals surface area contributed by atoms with Gasteiger partial charge < -0.3 is 56.8 Å². The molecule has 0 aromatic heterocycles. The molecule has 0 unspecified atom stereocenters. The summed E-state index contributed by atoms with van der Waals surface area (Å²) in [5, 5.41) is 0. The zero-order valence-electron chi connectivity index (χ0n) is 44.6. The van der Waals surface area contributed by atoms with Gasteiger partial charge in [-0.2, -0.15) is 13.2 Å². The number of ether oxygens (including phenoxy) is 12. The van der Waals surface area contributed by atoms with Gasteiger partial charge in [-0.25, -0.2) is 55.9 Å². The van der Waals surface area contributed by atoms with Crippen LogP contribution in [0.25, 0.3) is 0 Å². The minimum Gasteiger partial charge on any atom is -0.457 e. The van der Waals surface area contributed by atoms with E-state index in [0.29, 0.717) is 17.7 Å². The Morgan fingerprint density at radius 3 is 0.965 bits per heavy atom. The highest BCUT2D eigenvalue weighted by Gasteiger charge is 2.39. The van der Waals surface area contributed by atoms with Gasteiger partial charge >= 0.3 is 53.9 Å². The second-order valence-electron chi connectivity index (χ2n) is 16.3. The first-order valence-electron chi connectivity index (χ1n) is 23.9. The summed E-state index contributed by atoms with van der Waals surface area (Å²) in [6.07, 6.45) is -1.54. The molecule has 27 heteroatoms. The average Bonchev–Trinajstić information content (AvgIpc) is 2.70. The molecular weight excluding hydrogens is 1160 g/mol. The van der Waals surface area contributed by atoms with Gasteiger partial charge in [0.2, 0.25) is 27.2 Å². The topological polar surface area (TPSA) is 247 Å². The fraction of sp³-hybridized carbons (Fsp3) is 0.119. The molecule has 0 bridgehead atoms. The van der Waals surface area contributed by atoms with Gasteiger partial charge in [0.05, 0.1) is 22.3 Å². The molecule has 0 spiro atoms. The summed E-state index contributed by atoms with van der Waals surface area (Å²) >= 11 is 0. The number of hydrogen-bond donors (Lipinski definition) is 0. The Labute approximate surface area is 481 Å². The molecule has 0 amide bonds. The fourth-order valence-corrected chi connectivity index (χ4v) is 6.50. The van der Waals surface area contributed by atoms with Gasteiger partial charge in [-0.3, -0.25) is 0 Å². The SMILES string of the molecule is C=CC(=O)OCOc1ccc(C(=O)Oc2ccc(OC(=O)c3ccc(OCOC(=O)C=C)cc3F)c(C(F)(F)F)c2C)c(F)c1.C=CC(=O)OCOc1ccc(C(=O)Oc2ccc(OC(=O)c3ccc(OCOC(=O)C=C)cc3F)c(C)c2)c(F)c1. The third kappa shape index (κ3) is 18.9. The molecule has 0 aliphatic rings. The maximum atomic E-state index is 14.6. The van der Waals surface area contributed by atoms with Crippen LogP contribution in [-0.2, 0) is 44.3 Å². The lowest BCUT2D eigenvalue weighted by Crippen LogP contribution is -2.18. The van der Waals surface area contributed by atoms with Crippen molar-refractivity contribution in [2.45, 2.75) is 20.0 Å². The molecule has 0 saturated carbocycles. The number of esters is 8. The van der Waals surface area contributed by atoms with Crippen LogP contribution in [0.4, 0.5) is 30.7 Å². The first-order chi connectivity index (χ1) is 40.8. The molecule has 0 radical (unpaired) electrons. The van der Waals surface area contributed by atoms with E-state index in [1.807, 2.05) is 0 Å². The number of carbonyl (C=O) groups excluding carboxylic acids is 8. The number of hydrogen-bond acceptors (Lipinski definition) is 20. The molecule has 86 heavy (non-hydrogen) atoms. The Bertz CT molecular complexity index is 3610. The molecular formula is C59H43F7O20. The summed E-state index contributed by atoms with van der Waals surface area (Å²) in [4.78, 5) is 94.3. The molecule has 0 atom stereocenters. The highest BCUT2D eigenvalue weighted by molar-refractivity contribution is 5.94. The van der Waals surface area contributed by atoms with Crippen molar-refractivity contribution in [1.82, 2.24) is 0 Å². The van der Waals surface area contributed by atoms with Crippen LogP contribution in [0, 0.1) is 37.1 Å². The molecule has 0 heterocycles. The smallest absolute Gasteiger partial charge is 0.420 e. The molecule has 0 N–H and O–H groups in total. The first kappa shape index (κ1) is 65.6.